The Bertz CT molecular complexity index is 661. The topological polar surface area (TPSA) is 104 Å². The molecule has 1 aromatic rings. The van der Waals surface area contributed by atoms with Crippen LogP contribution in [0.5, 0.6) is 0 Å². The number of nitrogens with one attached hydrogen (secondary N) is 1. The number of rotatable bonds is 10. The van der Waals surface area contributed by atoms with E-state index in [0.717, 1.165) is 5.56 Å². The Labute approximate surface area is 148 Å². The van der Waals surface area contributed by atoms with Gasteiger partial charge in [-0.05, 0) is 18.4 Å². The number of hydrogen-bond donors (Lipinski definition) is 2. The lowest BCUT2D eigenvalue weighted by atomic mass is 10.0. The number of benzene rings is 1. The molecule has 0 spiro atoms. The summed E-state index contributed by atoms with van der Waals surface area (Å²) in [6.07, 6.45) is 0.768. The predicted octanol–water partition coefficient (Wildman–Crippen LogP) is 1.54. The molecule has 1 unspecified atom stereocenters. The number of carbonyl (C=O) groups excluding carboxylic acids is 1. The van der Waals surface area contributed by atoms with Crippen LogP contribution in [0.15, 0.2) is 30.3 Å². The van der Waals surface area contributed by atoms with Crippen molar-refractivity contribution in [3.63, 3.8) is 0 Å². The van der Waals surface area contributed by atoms with Gasteiger partial charge in [0.2, 0.25) is 0 Å². The van der Waals surface area contributed by atoms with Crippen LogP contribution in [0, 0.1) is 0 Å². The van der Waals surface area contributed by atoms with Crippen molar-refractivity contribution in [3.05, 3.63) is 35.9 Å². The SMILES string of the molecule is CCS(=O)(=O)CCN(C)C(=O)NC(CCC(=O)O)Cc1ccccc1. The maximum atomic E-state index is 12.3. The maximum absolute atomic E-state index is 12.3. The summed E-state index contributed by atoms with van der Waals surface area (Å²) in [6, 6.07) is 8.74. The number of hydrogen-bond acceptors (Lipinski definition) is 4. The number of amides is 2. The molecular formula is C17H26N2O5S. The smallest absolute Gasteiger partial charge is 0.317 e. The molecule has 0 aromatic heterocycles. The first-order valence-corrected chi connectivity index (χ1v) is 10.0. The molecule has 0 fully saturated rings. The van der Waals surface area contributed by atoms with Crippen LogP contribution < -0.4 is 5.32 Å². The summed E-state index contributed by atoms with van der Waals surface area (Å²) >= 11 is 0. The Kier molecular flexibility index (Phi) is 8.40. The molecule has 0 bridgehead atoms. The number of carboxylic acid groups (broad SMARTS) is 1. The fraction of sp³-hybridized carbons (Fsp3) is 0.529. The van der Waals surface area contributed by atoms with Gasteiger partial charge in [0.05, 0.1) is 5.75 Å². The van der Waals surface area contributed by atoms with Crippen molar-refractivity contribution in [2.75, 3.05) is 25.1 Å². The van der Waals surface area contributed by atoms with E-state index in [4.69, 9.17) is 5.11 Å². The minimum atomic E-state index is -3.15. The van der Waals surface area contributed by atoms with Crippen molar-refractivity contribution in [2.45, 2.75) is 32.2 Å². The summed E-state index contributed by atoms with van der Waals surface area (Å²) in [5.74, 6) is -0.974. The highest BCUT2D eigenvalue weighted by molar-refractivity contribution is 7.91. The standard InChI is InChI=1S/C17H26N2O5S/c1-3-25(23,24)12-11-19(2)17(22)18-15(9-10-16(20)21)13-14-7-5-4-6-8-14/h4-8,15H,3,9-13H2,1-2H3,(H,18,22)(H,20,21). The molecule has 1 atom stereocenters. The number of sulfone groups is 1. The molecule has 25 heavy (non-hydrogen) atoms. The fourth-order valence-electron chi connectivity index (χ4n) is 2.23. The van der Waals surface area contributed by atoms with E-state index < -0.39 is 21.8 Å². The fourth-order valence-corrected chi connectivity index (χ4v) is 3.07. The molecule has 0 aliphatic rings. The number of carbonyl (C=O) groups is 2. The molecule has 8 heteroatoms. The van der Waals surface area contributed by atoms with Crippen molar-refractivity contribution < 1.29 is 23.1 Å². The van der Waals surface area contributed by atoms with Gasteiger partial charge in [-0.1, -0.05) is 37.3 Å². The van der Waals surface area contributed by atoms with Crippen LogP contribution in [0.25, 0.3) is 0 Å². The van der Waals surface area contributed by atoms with Gasteiger partial charge in [-0.15, -0.1) is 0 Å². The Balaban J connectivity index is 2.65. The molecule has 2 amide bonds. The second-order valence-electron chi connectivity index (χ2n) is 5.93. The van der Waals surface area contributed by atoms with Gasteiger partial charge in [0.25, 0.3) is 0 Å². The Morgan fingerprint density at radius 3 is 2.44 bits per heavy atom. The predicted molar refractivity (Wildman–Crippen MR) is 96.3 cm³/mol. The molecule has 0 saturated carbocycles. The highest BCUT2D eigenvalue weighted by atomic mass is 32.2. The van der Waals surface area contributed by atoms with E-state index in [0.29, 0.717) is 12.8 Å². The van der Waals surface area contributed by atoms with Crippen LogP contribution in [0.4, 0.5) is 4.79 Å². The average Bonchev–Trinajstić information content (AvgIpc) is 2.58. The Morgan fingerprint density at radius 1 is 1.24 bits per heavy atom. The molecule has 0 aliphatic heterocycles. The quantitative estimate of drug-likeness (QED) is 0.650. The summed E-state index contributed by atoms with van der Waals surface area (Å²) < 4.78 is 23.1. The first-order chi connectivity index (χ1) is 11.7. The van der Waals surface area contributed by atoms with E-state index >= 15 is 0 Å². The van der Waals surface area contributed by atoms with E-state index in [-0.39, 0.29) is 30.5 Å². The third-order valence-corrected chi connectivity index (χ3v) is 5.57. The molecule has 7 nitrogen and oxygen atoms in total. The monoisotopic (exact) mass is 370 g/mol. The summed E-state index contributed by atoms with van der Waals surface area (Å²) in [5, 5.41) is 11.7. The average molecular weight is 370 g/mol. The van der Waals surface area contributed by atoms with Crippen LogP contribution >= 0.6 is 0 Å². The van der Waals surface area contributed by atoms with E-state index in [1.807, 2.05) is 30.3 Å². The van der Waals surface area contributed by atoms with Gasteiger partial charge in [-0.3, -0.25) is 4.79 Å². The number of aliphatic carboxylic acids is 1. The van der Waals surface area contributed by atoms with Crippen molar-refractivity contribution in [2.24, 2.45) is 0 Å². The van der Waals surface area contributed by atoms with Crippen LogP contribution in [-0.4, -0.2) is 61.6 Å². The second-order valence-corrected chi connectivity index (χ2v) is 8.40. The van der Waals surface area contributed by atoms with Gasteiger partial charge in [0.15, 0.2) is 9.84 Å². The Morgan fingerprint density at radius 2 is 1.88 bits per heavy atom. The summed E-state index contributed by atoms with van der Waals surface area (Å²) in [5.41, 5.74) is 0.995. The zero-order valence-electron chi connectivity index (χ0n) is 14.6. The van der Waals surface area contributed by atoms with Gasteiger partial charge in [-0.2, -0.15) is 0 Å². The number of nitrogens with zero attached hydrogens (tertiary/aromatic N) is 1. The van der Waals surface area contributed by atoms with Crippen molar-refractivity contribution in [3.8, 4) is 0 Å². The lowest BCUT2D eigenvalue weighted by molar-refractivity contribution is -0.137. The van der Waals surface area contributed by atoms with Gasteiger partial charge in [-0.25, -0.2) is 13.2 Å². The first-order valence-electron chi connectivity index (χ1n) is 8.21. The van der Waals surface area contributed by atoms with Crippen LogP contribution in [0.1, 0.15) is 25.3 Å². The normalized spacial score (nSPS) is 12.4. The van der Waals surface area contributed by atoms with Gasteiger partial charge in [0, 0.05) is 31.8 Å². The minimum absolute atomic E-state index is 0.0394. The molecule has 0 heterocycles. The number of carboxylic acids is 1. The molecule has 0 radical (unpaired) electrons. The highest BCUT2D eigenvalue weighted by Crippen LogP contribution is 2.08. The molecule has 1 rings (SSSR count). The molecule has 2 N–H and O–H groups in total. The van der Waals surface area contributed by atoms with Crippen molar-refractivity contribution >= 4 is 21.8 Å². The van der Waals surface area contributed by atoms with Crippen LogP contribution in [0.3, 0.4) is 0 Å². The minimum Gasteiger partial charge on any atom is -0.481 e. The highest BCUT2D eigenvalue weighted by Gasteiger charge is 2.18. The van der Waals surface area contributed by atoms with E-state index in [9.17, 15) is 18.0 Å². The first kappa shape index (κ1) is 21.0. The zero-order valence-corrected chi connectivity index (χ0v) is 15.5. The van der Waals surface area contributed by atoms with E-state index in [2.05, 4.69) is 5.32 Å². The number of urea groups is 1. The summed E-state index contributed by atoms with van der Waals surface area (Å²) in [7, 11) is -1.62. The zero-order chi connectivity index (χ0) is 18.9. The molecule has 140 valence electrons. The maximum Gasteiger partial charge on any atom is 0.317 e. The molecule has 0 saturated heterocycles. The van der Waals surface area contributed by atoms with Crippen molar-refractivity contribution in [1.82, 2.24) is 10.2 Å². The van der Waals surface area contributed by atoms with Crippen molar-refractivity contribution in [1.29, 1.82) is 0 Å². The third kappa shape index (κ3) is 8.53. The van der Waals surface area contributed by atoms with Gasteiger partial charge in [0.1, 0.15) is 0 Å². The Hall–Kier alpha value is -2.09. The van der Waals surface area contributed by atoms with E-state index in [1.165, 1.54) is 11.9 Å². The van der Waals surface area contributed by atoms with Gasteiger partial charge >= 0.3 is 12.0 Å². The second kappa shape index (κ2) is 10.0. The summed E-state index contributed by atoms with van der Waals surface area (Å²) in [6.45, 7) is 1.66. The molecule has 0 aliphatic carbocycles. The lowest BCUT2D eigenvalue weighted by Gasteiger charge is -2.23. The van der Waals surface area contributed by atoms with Gasteiger partial charge < -0.3 is 15.3 Å². The van der Waals surface area contributed by atoms with E-state index in [1.54, 1.807) is 6.92 Å². The summed E-state index contributed by atoms with van der Waals surface area (Å²) in [4.78, 5) is 24.4. The molecule has 1 aromatic carbocycles. The lowest BCUT2D eigenvalue weighted by Crippen LogP contribution is -2.45. The third-order valence-electron chi connectivity index (χ3n) is 3.88. The van der Waals surface area contributed by atoms with Crippen LogP contribution in [0.2, 0.25) is 0 Å². The molecular weight excluding hydrogens is 344 g/mol. The van der Waals surface area contributed by atoms with Crippen LogP contribution in [-0.2, 0) is 21.1 Å². The largest absolute Gasteiger partial charge is 0.481 e.